The van der Waals surface area contributed by atoms with Crippen molar-refractivity contribution in [2.45, 2.75) is 25.9 Å². The summed E-state index contributed by atoms with van der Waals surface area (Å²) < 4.78 is 2.39. The summed E-state index contributed by atoms with van der Waals surface area (Å²) in [5.74, 6) is 0.267. The summed E-state index contributed by atoms with van der Waals surface area (Å²) in [4.78, 5) is 14.7. The molecule has 1 amide bonds. The van der Waals surface area contributed by atoms with E-state index in [2.05, 4.69) is 57.8 Å². The molecular weight excluding hydrogens is 394 g/mol. The third-order valence-electron chi connectivity index (χ3n) is 5.89. The highest BCUT2D eigenvalue weighted by atomic mass is 35.5. The Labute approximate surface area is 183 Å². The molecule has 0 unspecified atom stereocenters. The molecule has 1 saturated heterocycles. The van der Waals surface area contributed by atoms with Gasteiger partial charge >= 0.3 is 0 Å². The van der Waals surface area contributed by atoms with Gasteiger partial charge in [0.15, 0.2) is 0 Å². The lowest BCUT2D eigenvalue weighted by atomic mass is 9.96. The number of fused-ring (bicyclic) bond motifs is 1. The third-order valence-corrected chi connectivity index (χ3v) is 6.13. The van der Waals surface area contributed by atoms with Crippen LogP contribution in [-0.4, -0.2) is 35.0 Å². The Morgan fingerprint density at radius 3 is 2.67 bits per heavy atom. The summed E-state index contributed by atoms with van der Waals surface area (Å²) in [5, 5.41) is 4.96. The maximum Gasteiger partial charge on any atom is 0.223 e. The highest BCUT2D eigenvalue weighted by Gasteiger charge is 2.25. The van der Waals surface area contributed by atoms with Crippen molar-refractivity contribution in [1.82, 2.24) is 14.8 Å². The van der Waals surface area contributed by atoms with Crippen molar-refractivity contribution >= 4 is 28.4 Å². The summed E-state index contributed by atoms with van der Waals surface area (Å²) in [5.41, 5.74) is 3.74. The fourth-order valence-electron chi connectivity index (χ4n) is 4.30. The van der Waals surface area contributed by atoms with Gasteiger partial charge in [-0.05, 0) is 61.1 Å². The number of likely N-dealkylation sites (tertiary alicyclic amines) is 1. The lowest BCUT2D eigenvalue weighted by Crippen LogP contribution is -2.40. The molecule has 30 heavy (non-hydrogen) atoms. The number of nitrogens with one attached hydrogen (secondary N) is 1. The largest absolute Gasteiger partial charge is 0.352 e. The van der Waals surface area contributed by atoms with E-state index in [1.54, 1.807) is 6.08 Å². The summed E-state index contributed by atoms with van der Waals surface area (Å²) in [6, 6.07) is 18.9. The van der Waals surface area contributed by atoms with Crippen LogP contribution in [0.3, 0.4) is 0 Å². The highest BCUT2D eigenvalue weighted by Crippen LogP contribution is 2.25. The number of para-hydroxylation sites is 1. The van der Waals surface area contributed by atoms with Crippen LogP contribution in [0.15, 0.2) is 67.3 Å². The first-order valence-electron chi connectivity index (χ1n) is 10.6. The normalized spacial score (nSPS) is 15.4. The lowest BCUT2D eigenvalue weighted by molar-refractivity contribution is -0.126. The fourth-order valence-corrected chi connectivity index (χ4v) is 4.52. The van der Waals surface area contributed by atoms with Crippen LogP contribution in [0.4, 0.5) is 0 Å². The molecule has 4 rings (SSSR count). The quantitative estimate of drug-likeness (QED) is 0.553. The van der Waals surface area contributed by atoms with Crippen LogP contribution in [0.25, 0.3) is 10.9 Å². The minimum absolute atomic E-state index is 0.110. The van der Waals surface area contributed by atoms with Gasteiger partial charge in [0.2, 0.25) is 5.91 Å². The number of aromatic nitrogens is 1. The molecule has 5 heteroatoms. The molecular formula is C25H28ClN3O. The number of amides is 1. The Bertz CT molecular complexity index is 1030. The van der Waals surface area contributed by atoms with E-state index in [0.29, 0.717) is 6.54 Å². The predicted molar refractivity (Wildman–Crippen MR) is 124 cm³/mol. The molecule has 0 radical (unpaired) electrons. The van der Waals surface area contributed by atoms with E-state index >= 15 is 0 Å². The molecule has 1 fully saturated rings. The van der Waals surface area contributed by atoms with Crippen molar-refractivity contribution in [3.05, 3.63) is 83.5 Å². The third kappa shape index (κ3) is 4.77. The molecule has 1 aromatic heterocycles. The van der Waals surface area contributed by atoms with Crippen LogP contribution in [0.1, 0.15) is 24.1 Å². The molecule has 1 aliphatic rings. The van der Waals surface area contributed by atoms with Crippen LogP contribution in [0, 0.1) is 5.92 Å². The molecule has 3 aromatic rings. The molecule has 0 spiro atoms. The second-order valence-electron chi connectivity index (χ2n) is 7.99. The van der Waals surface area contributed by atoms with E-state index in [9.17, 15) is 4.79 Å². The smallest absolute Gasteiger partial charge is 0.223 e. The summed E-state index contributed by atoms with van der Waals surface area (Å²) in [7, 11) is 0. The zero-order valence-corrected chi connectivity index (χ0v) is 17.9. The van der Waals surface area contributed by atoms with Crippen molar-refractivity contribution in [3.63, 3.8) is 0 Å². The second kappa shape index (κ2) is 9.50. The summed E-state index contributed by atoms with van der Waals surface area (Å²) in [6.45, 7) is 7.76. The molecule has 1 N–H and O–H groups in total. The van der Waals surface area contributed by atoms with Crippen LogP contribution < -0.4 is 5.32 Å². The van der Waals surface area contributed by atoms with E-state index in [0.717, 1.165) is 44.0 Å². The molecule has 4 nitrogen and oxygen atoms in total. The highest BCUT2D eigenvalue weighted by molar-refractivity contribution is 6.30. The number of nitrogens with zero attached hydrogens (tertiary/aromatic N) is 2. The van der Waals surface area contributed by atoms with Crippen LogP contribution >= 0.6 is 11.6 Å². The van der Waals surface area contributed by atoms with Gasteiger partial charge in [0.05, 0.1) is 0 Å². The van der Waals surface area contributed by atoms with Gasteiger partial charge in [0.25, 0.3) is 0 Å². The lowest BCUT2D eigenvalue weighted by Gasteiger charge is -2.31. The zero-order valence-electron chi connectivity index (χ0n) is 17.2. The first-order valence-corrected chi connectivity index (χ1v) is 10.9. The van der Waals surface area contributed by atoms with Gasteiger partial charge < -0.3 is 9.88 Å². The maximum atomic E-state index is 12.2. The minimum atomic E-state index is 0.110. The Kier molecular flexibility index (Phi) is 6.56. The first-order chi connectivity index (χ1) is 14.6. The van der Waals surface area contributed by atoms with Gasteiger partial charge in [-0.15, -0.1) is 6.58 Å². The zero-order chi connectivity index (χ0) is 20.9. The Balaban J connectivity index is 1.49. The van der Waals surface area contributed by atoms with Crippen LogP contribution in [0.5, 0.6) is 0 Å². The maximum absolute atomic E-state index is 12.2. The number of piperidine rings is 1. The van der Waals surface area contributed by atoms with Gasteiger partial charge in [0, 0.05) is 41.8 Å². The number of halogens is 1. The molecule has 0 bridgehead atoms. The van der Waals surface area contributed by atoms with E-state index in [4.69, 9.17) is 11.6 Å². The number of carbonyl (C=O) groups excluding carboxylic acids is 1. The molecule has 2 aromatic carbocycles. The van der Waals surface area contributed by atoms with Gasteiger partial charge in [-0.2, -0.15) is 0 Å². The number of hydrogen-bond acceptors (Lipinski definition) is 2. The van der Waals surface area contributed by atoms with Gasteiger partial charge in [-0.3, -0.25) is 9.69 Å². The monoisotopic (exact) mass is 421 g/mol. The molecule has 1 aliphatic heterocycles. The summed E-state index contributed by atoms with van der Waals surface area (Å²) >= 11 is 6.21. The van der Waals surface area contributed by atoms with Gasteiger partial charge in [-0.25, -0.2) is 0 Å². The minimum Gasteiger partial charge on any atom is -0.352 e. The standard InChI is InChI=1S/C25H28ClN3O/c1-2-12-27-25(30)20-10-13-28(14-11-20)18-23-16-21-7-3-4-9-24(21)29(23)17-19-6-5-8-22(26)15-19/h2-9,15-16,20H,1,10-14,17-18H2,(H,27,30). The van der Waals surface area contributed by atoms with Crippen molar-refractivity contribution in [1.29, 1.82) is 0 Å². The molecule has 2 heterocycles. The van der Waals surface area contributed by atoms with Crippen molar-refractivity contribution < 1.29 is 4.79 Å². The Hall–Kier alpha value is -2.56. The van der Waals surface area contributed by atoms with Crippen LogP contribution in [0.2, 0.25) is 5.02 Å². The first kappa shape index (κ1) is 20.7. The van der Waals surface area contributed by atoms with Crippen molar-refractivity contribution in [2.75, 3.05) is 19.6 Å². The van der Waals surface area contributed by atoms with Crippen molar-refractivity contribution in [3.8, 4) is 0 Å². The van der Waals surface area contributed by atoms with Crippen LogP contribution in [-0.2, 0) is 17.9 Å². The fraction of sp³-hybridized carbons (Fsp3) is 0.320. The molecule has 156 valence electrons. The Morgan fingerprint density at radius 1 is 1.10 bits per heavy atom. The van der Waals surface area contributed by atoms with E-state index < -0.39 is 0 Å². The Morgan fingerprint density at radius 2 is 1.90 bits per heavy atom. The van der Waals surface area contributed by atoms with E-state index in [1.165, 1.54) is 22.2 Å². The SMILES string of the molecule is C=CCNC(=O)C1CCN(Cc2cc3ccccc3n2Cc2cccc(Cl)c2)CC1. The van der Waals surface area contributed by atoms with Crippen molar-refractivity contribution in [2.24, 2.45) is 5.92 Å². The topological polar surface area (TPSA) is 37.3 Å². The predicted octanol–water partition coefficient (Wildman–Crippen LogP) is 4.86. The number of carbonyl (C=O) groups is 1. The molecule has 0 saturated carbocycles. The average Bonchev–Trinajstić information content (AvgIpc) is 3.09. The average molecular weight is 422 g/mol. The van der Waals surface area contributed by atoms with E-state index in [-0.39, 0.29) is 11.8 Å². The second-order valence-corrected chi connectivity index (χ2v) is 8.43. The van der Waals surface area contributed by atoms with Gasteiger partial charge in [-0.1, -0.05) is 48.0 Å². The number of hydrogen-bond donors (Lipinski definition) is 1. The molecule has 0 aliphatic carbocycles. The number of rotatable bonds is 7. The summed E-state index contributed by atoms with van der Waals surface area (Å²) in [6.07, 6.45) is 3.53. The number of benzene rings is 2. The molecule has 0 atom stereocenters. The van der Waals surface area contributed by atoms with Gasteiger partial charge in [0.1, 0.15) is 0 Å². The van der Waals surface area contributed by atoms with E-state index in [1.807, 2.05) is 18.2 Å².